The van der Waals surface area contributed by atoms with E-state index in [0.29, 0.717) is 6.07 Å². The number of nitrogens with one attached hydrogen (secondary N) is 1. The lowest BCUT2D eigenvalue weighted by atomic mass is 10.1. The van der Waals surface area contributed by atoms with Crippen molar-refractivity contribution in [2.24, 2.45) is 0 Å². The van der Waals surface area contributed by atoms with Crippen LogP contribution >= 0.6 is 0 Å². The summed E-state index contributed by atoms with van der Waals surface area (Å²) in [6.07, 6.45) is -4.58. The van der Waals surface area contributed by atoms with Gasteiger partial charge in [0.1, 0.15) is 6.17 Å². The van der Waals surface area contributed by atoms with Crippen LogP contribution in [0.2, 0.25) is 0 Å². The average Bonchev–Trinajstić information content (AvgIpc) is 2.45. The summed E-state index contributed by atoms with van der Waals surface area (Å²) in [4.78, 5) is 11.5. The summed E-state index contributed by atoms with van der Waals surface area (Å²) in [6, 6.07) is 2.67. The van der Waals surface area contributed by atoms with Gasteiger partial charge in [-0.25, -0.2) is 9.18 Å². The molecule has 0 aliphatic heterocycles. The quantitative estimate of drug-likeness (QED) is 0.493. The summed E-state index contributed by atoms with van der Waals surface area (Å²) in [5.41, 5.74) is -1.05. The highest BCUT2D eigenvalue weighted by Crippen LogP contribution is 2.32. The lowest BCUT2D eigenvalue weighted by molar-refractivity contribution is -0.137. The molecule has 21 heavy (non-hydrogen) atoms. The molecular weight excluding hydrogens is 290 g/mol. The number of esters is 1. The van der Waals surface area contributed by atoms with Gasteiger partial charge in [0.25, 0.3) is 0 Å². The molecule has 3 nitrogen and oxygen atoms in total. The Morgan fingerprint density at radius 2 is 2.14 bits per heavy atom. The molecule has 1 N–H and O–H groups in total. The third-order valence-corrected chi connectivity index (χ3v) is 2.74. The van der Waals surface area contributed by atoms with Gasteiger partial charge in [0, 0.05) is 12.2 Å². The fourth-order valence-electron chi connectivity index (χ4n) is 1.62. The van der Waals surface area contributed by atoms with Gasteiger partial charge >= 0.3 is 12.1 Å². The molecule has 0 fully saturated rings. The maximum absolute atomic E-state index is 13.0. The number of rotatable bonds is 6. The SMILES string of the molecule is C=CC(F)CCNc1ccc(C(F)(F)F)cc1C(=O)OC. The fourth-order valence-corrected chi connectivity index (χ4v) is 1.62. The number of halogens is 4. The minimum absolute atomic E-state index is 0.0884. The van der Waals surface area contributed by atoms with Crippen LogP contribution in [0.1, 0.15) is 22.3 Å². The Morgan fingerprint density at radius 1 is 1.48 bits per heavy atom. The molecular formula is C14H15F4NO2. The molecule has 0 aliphatic rings. The summed E-state index contributed by atoms with van der Waals surface area (Å²) in [5, 5.41) is 2.72. The average molecular weight is 305 g/mol. The van der Waals surface area contributed by atoms with E-state index < -0.39 is 23.9 Å². The van der Waals surface area contributed by atoms with Crippen LogP contribution in [-0.4, -0.2) is 25.8 Å². The lowest BCUT2D eigenvalue weighted by Gasteiger charge is -2.14. The van der Waals surface area contributed by atoms with Crippen molar-refractivity contribution < 1.29 is 27.1 Å². The zero-order valence-electron chi connectivity index (χ0n) is 11.3. The molecule has 0 saturated heterocycles. The maximum atomic E-state index is 13.0. The second kappa shape index (κ2) is 7.10. The second-order valence-electron chi connectivity index (χ2n) is 4.22. The highest BCUT2D eigenvalue weighted by molar-refractivity contribution is 5.95. The number of anilines is 1. The van der Waals surface area contributed by atoms with Gasteiger partial charge in [0.15, 0.2) is 0 Å². The molecule has 0 bridgehead atoms. The van der Waals surface area contributed by atoms with Crippen LogP contribution in [-0.2, 0) is 10.9 Å². The van der Waals surface area contributed by atoms with Crippen LogP contribution in [0, 0.1) is 0 Å². The maximum Gasteiger partial charge on any atom is 0.416 e. The molecule has 0 spiro atoms. The van der Waals surface area contributed by atoms with Crippen LogP contribution in [0.5, 0.6) is 0 Å². The predicted octanol–water partition coefficient (Wildman–Crippen LogP) is 3.82. The number of alkyl halides is 4. The van der Waals surface area contributed by atoms with E-state index in [1.165, 1.54) is 0 Å². The summed E-state index contributed by atoms with van der Waals surface area (Å²) in [6.45, 7) is 3.42. The van der Waals surface area contributed by atoms with Crippen LogP contribution in [0.3, 0.4) is 0 Å². The Morgan fingerprint density at radius 3 is 2.67 bits per heavy atom. The monoisotopic (exact) mass is 305 g/mol. The molecule has 1 unspecified atom stereocenters. The normalized spacial score (nSPS) is 12.6. The van der Waals surface area contributed by atoms with Crippen molar-refractivity contribution in [1.82, 2.24) is 0 Å². The van der Waals surface area contributed by atoms with E-state index in [1.54, 1.807) is 0 Å². The summed E-state index contributed by atoms with van der Waals surface area (Å²) < 4.78 is 55.4. The Hall–Kier alpha value is -2.05. The van der Waals surface area contributed by atoms with Crippen molar-refractivity contribution in [2.45, 2.75) is 18.8 Å². The van der Waals surface area contributed by atoms with E-state index in [4.69, 9.17) is 0 Å². The molecule has 0 amide bonds. The van der Waals surface area contributed by atoms with Crippen molar-refractivity contribution in [1.29, 1.82) is 0 Å². The van der Waals surface area contributed by atoms with Gasteiger partial charge in [-0.3, -0.25) is 0 Å². The van der Waals surface area contributed by atoms with Crippen LogP contribution < -0.4 is 5.32 Å². The zero-order valence-corrected chi connectivity index (χ0v) is 11.3. The van der Waals surface area contributed by atoms with E-state index in [-0.39, 0.29) is 24.2 Å². The number of benzene rings is 1. The Kier molecular flexibility index (Phi) is 5.75. The number of methoxy groups -OCH3 is 1. The first-order valence-corrected chi connectivity index (χ1v) is 6.09. The van der Waals surface area contributed by atoms with Crippen molar-refractivity contribution >= 4 is 11.7 Å². The molecule has 7 heteroatoms. The molecule has 0 aliphatic carbocycles. The second-order valence-corrected chi connectivity index (χ2v) is 4.22. The van der Waals surface area contributed by atoms with Crippen LogP contribution in [0.4, 0.5) is 23.2 Å². The number of carbonyl (C=O) groups is 1. The molecule has 0 aromatic heterocycles. The number of carbonyl (C=O) groups excluding carboxylic acids is 1. The van der Waals surface area contributed by atoms with Crippen molar-refractivity contribution in [3.63, 3.8) is 0 Å². The molecule has 0 radical (unpaired) electrons. The minimum Gasteiger partial charge on any atom is -0.465 e. The number of ether oxygens (including phenoxy) is 1. The number of hydrogen-bond acceptors (Lipinski definition) is 3. The molecule has 1 aromatic rings. The molecule has 116 valence electrons. The fraction of sp³-hybridized carbons (Fsp3) is 0.357. The first-order chi connectivity index (χ1) is 9.79. The van der Waals surface area contributed by atoms with Crippen molar-refractivity contribution in [3.8, 4) is 0 Å². The van der Waals surface area contributed by atoms with Gasteiger partial charge < -0.3 is 10.1 Å². The highest BCUT2D eigenvalue weighted by Gasteiger charge is 2.32. The minimum atomic E-state index is -4.56. The predicted molar refractivity (Wildman–Crippen MR) is 71.0 cm³/mol. The van der Waals surface area contributed by atoms with Crippen LogP contribution in [0.15, 0.2) is 30.9 Å². The lowest BCUT2D eigenvalue weighted by Crippen LogP contribution is -2.14. The van der Waals surface area contributed by atoms with Crippen molar-refractivity contribution in [2.75, 3.05) is 19.0 Å². The van der Waals surface area contributed by atoms with Gasteiger partial charge in [-0.05, 0) is 24.6 Å². The van der Waals surface area contributed by atoms with Gasteiger partial charge in [-0.1, -0.05) is 6.08 Å². The van der Waals surface area contributed by atoms with Crippen molar-refractivity contribution in [3.05, 3.63) is 42.0 Å². The molecule has 0 saturated carbocycles. The van der Waals surface area contributed by atoms with Crippen LogP contribution in [0.25, 0.3) is 0 Å². The molecule has 1 aromatic carbocycles. The summed E-state index contributed by atoms with van der Waals surface area (Å²) in [5.74, 6) is -0.899. The number of hydrogen-bond donors (Lipinski definition) is 1. The Labute approximate surface area is 119 Å². The van der Waals surface area contributed by atoms with E-state index in [0.717, 1.165) is 25.3 Å². The third-order valence-electron chi connectivity index (χ3n) is 2.74. The van der Waals surface area contributed by atoms with Gasteiger partial charge in [-0.2, -0.15) is 13.2 Å². The largest absolute Gasteiger partial charge is 0.465 e. The van der Waals surface area contributed by atoms with Gasteiger partial charge in [0.2, 0.25) is 0 Å². The first kappa shape index (κ1) is 17.0. The standard InChI is InChI=1S/C14H15F4NO2/c1-3-10(15)6-7-19-12-5-4-9(14(16,17)18)8-11(12)13(20)21-2/h3-5,8,10,19H,1,6-7H2,2H3. The number of allylic oxidation sites excluding steroid dienone is 1. The molecule has 1 rings (SSSR count). The van der Waals surface area contributed by atoms with E-state index in [9.17, 15) is 22.4 Å². The summed E-state index contributed by atoms with van der Waals surface area (Å²) in [7, 11) is 1.07. The third kappa shape index (κ3) is 4.77. The van der Waals surface area contributed by atoms with E-state index in [2.05, 4.69) is 16.6 Å². The smallest absolute Gasteiger partial charge is 0.416 e. The van der Waals surface area contributed by atoms with E-state index in [1.807, 2.05) is 0 Å². The molecule has 1 atom stereocenters. The van der Waals surface area contributed by atoms with Gasteiger partial charge in [0.05, 0.1) is 18.2 Å². The molecule has 0 heterocycles. The Balaban J connectivity index is 2.97. The Bertz CT molecular complexity index is 514. The summed E-state index contributed by atoms with van der Waals surface area (Å²) >= 11 is 0. The topological polar surface area (TPSA) is 38.3 Å². The zero-order chi connectivity index (χ0) is 16.0. The van der Waals surface area contributed by atoms with Gasteiger partial charge in [-0.15, -0.1) is 6.58 Å². The van der Waals surface area contributed by atoms with E-state index >= 15 is 0 Å². The first-order valence-electron chi connectivity index (χ1n) is 6.09. The highest BCUT2D eigenvalue weighted by atomic mass is 19.4.